The Morgan fingerprint density at radius 3 is 2.39 bits per heavy atom. The zero-order chi connectivity index (χ0) is 13.3. The summed E-state index contributed by atoms with van der Waals surface area (Å²) in [6.07, 6.45) is 9.63. The third kappa shape index (κ3) is 9.89. The Balaban J connectivity index is 0. The van der Waals surface area contributed by atoms with E-state index in [-0.39, 0.29) is 18.9 Å². The molecule has 0 bridgehead atoms. The second kappa shape index (κ2) is 12.0. The predicted molar refractivity (Wildman–Crippen MR) is 79.1 cm³/mol. The van der Waals surface area contributed by atoms with Gasteiger partial charge in [-0.15, -0.1) is 6.42 Å². The van der Waals surface area contributed by atoms with Crippen LogP contribution in [0.25, 0.3) is 0 Å². The molecule has 0 rings (SSSR count). The Bertz CT molecular complexity index is 243. The first kappa shape index (κ1) is 20.2. The van der Waals surface area contributed by atoms with Crippen LogP contribution in [0.15, 0.2) is 23.8 Å². The number of nitrogens with zero attached hydrogens (tertiary/aromatic N) is 1. The average molecular weight is 243 g/mol. The minimum absolute atomic E-state index is 0. The van der Waals surface area contributed by atoms with E-state index in [2.05, 4.69) is 52.4 Å². The van der Waals surface area contributed by atoms with E-state index >= 15 is 0 Å². The molecule has 0 heterocycles. The molecule has 1 nitrogen and oxygen atoms in total. The van der Waals surface area contributed by atoms with E-state index in [9.17, 15) is 0 Å². The molecule has 0 aromatic heterocycles. The van der Waals surface area contributed by atoms with Gasteiger partial charge in [0.1, 0.15) is 0 Å². The smallest absolute Gasteiger partial charge is 0.303 e. The molecule has 1 unspecified atom stereocenters. The van der Waals surface area contributed by atoms with Crippen LogP contribution in [0, 0.1) is 6.92 Å². The normalized spacial score (nSPS) is 13.3. The number of unbranched alkanes of at least 4 members (excludes halogenated alkanes) is 3. The van der Waals surface area contributed by atoms with Crippen LogP contribution in [0.4, 0.5) is 0 Å². The van der Waals surface area contributed by atoms with Gasteiger partial charge < -0.3 is 4.90 Å². The van der Waals surface area contributed by atoms with E-state index in [0.29, 0.717) is 6.04 Å². The van der Waals surface area contributed by atoms with Crippen LogP contribution in [0.3, 0.4) is 0 Å². The first-order valence-corrected chi connectivity index (χ1v) is 6.81. The Morgan fingerprint density at radius 2 is 1.94 bits per heavy atom. The number of allylic oxidation sites excluding steroid dienone is 2. The summed E-state index contributed by atoms with van der Waals surface area (Å²) in [6, 6.07) is 0.482. The predicted octanol–water partition coefficient (Wildman–Crippen LogP) is 1.62. The van der Waals surface area contributed by atoms with E-state index in [1.165, 1.54) is 36.8 Å². The minimum Gasteiger partial charge on any atom is -0.303 e. The Morgan fingerprint density at radius 1 is 1.33 bits per heavy atom. The van der Waals surface area contributed by atoms with Crippen LogP contribution >= 0.6 is 0 Å². The number of hydrogen-bond acceptors (Lipinski definition) is 1. The maximum atomic E-state index is 4.14. The standard InChI is InChI=1S/C16H30N.Li/c1-7-8-9-10-11-15(4)12-13-16(14(2)3)17(5)6;/h11,16H,2,4,7-10,12-13H2,1,3,5-6H3;/q-1;+1/b15-11-;. The molecule has 18 heavy (non-hydrogen) atoms. The van der Waals surface area contributed by atoms with Crippen molar-refractivity contribution in [2.75, 3.05) is 14.1 Å². The van der Waals surface area contributed by atoms with Gasteiger partial charge >= 0.3 is 18.9 Å². The van der Waals surface area contributed by atoms with E-state index in [4.69, 9.17) is 0 Å². The van der Waals surface area contributed by atoms with Crippen molar-refractivity contribution in [1.29, 1.82) is 0 Å². The van der Waals surface area contributed by atoms with Gasteiger partial charge in [0.2, 0.25) is 0 Å². The van der Waals surface area contributed by atoms with Crippen molar-refractivity contribution in [3.63, 3.8) is 0 Å². The molecule has 0 N–H and O–H groups in total. The average Bonchev–Trinajstić information content (AvgIpc) is 2.23. The van der Waals surface area contributed by atoms with Crippen molar-refractivity contribution in [3.8, 4) is 0 Å². The number of likely N-dealkylation sites (N-methyl/N-ethyl adjacent to an activating group) is 1. The van der Waals surface area contributed by atoms with Crippen LogP contribution in [0.5, 0.6) is 0 Å². The maximum Gasteiger partial charge on any atom is 1.00 e. The van der Waals surface area contributed by atoms with Crippen LogP contribution in [-0.2, 0) is 0 Å². The van der Waals surface area contributed by atoms with Gasteiger partial charge in [-0.3, -0.25) is 0 Å². The van der Waals surface area contributed by atoms with Crippen molar-refractivity contribution >= 4 is 0 Å². The molecule has 1 atom stereocenters. The first-order chi connectivity index (χ1) is 7.99. The minimum atomic E-state index is 0. The molecule has 0 amide bonds. The van der Waals surface area contributed by atoms with Gasteiger partial charge in [0, 0.05) is 6.04 Å². The van der Waals surface area contributed by atoms with Gasteiger partial charge in [-0.05, 0) is 27.4 Å². The summed E-state index contributed by atoms with van der Waals surface area (Å²) in [5, 5.41) is 0. The van der Waals surface area contributed by atoms with Crippen molar-refractivity contribution < 1.29 is 18.9 Å². The zero-order valence-corrected chi connectivity index (χ0v) is 13.3. The second-order valence-corrected chi connectivity index (χ2v) is 5.22. The molecule has 100 valence electrons. The van der Waals surface area contributed by atoms with E-state index < -0.39 is 0 Å². The first-order valence-electron chi connectivity index (χ1n) is 6.81. The fourth-order valence-corrected chi connectivity index (χ4v) is 2.07. The summed E-state index contributed by atoms with van der Waals surface area (Å²) in [4.78, 5) is 2.24. The van der Waals surface area contributed by atoms with Crippen LogP contribution in [0.1, 0.15) is 52.4 Å². The molecule has 0 saturated carbocycles. The Labute approximate surface area is 127 Å². The van der Waals surface area contributed by atoms with E-state index in [1.807, 2.05) is 0 Å². The monoisotopic (exact) mass is 243 g/mol. The van der Waals surface area contributed by atoms with Crippen LogP contribution in [-0.4, -0.2) is 25.0 Å². The number of hydrogen-bond donors (Lipinski definition) is 0. The van der Waals surface area contributed by atoms with E-state index in [0.717, 1.165) is 12.8 Å². The molecule has 0 saturated heterocycles. The van der Waals surface area contributed by atoms with Crippen molar-refractivity contribution in [1.82, 2.24) is 4.90 Å². The topological polar surface area (TPSA) is 3.24 Å². The van der Waals surface area contributed by atoms with Crippen molar-refractivity contribution in [3.05, 3.63) is 30.7 Å². The molecule has 0 aromatic carbocycles. The Hall–Kier alpha value is -0.0926. The van der Waals surface area contributed by atoms with Gasteiger partial charge in [0.05, 0.1) is 0 Å². The molecule has 2 heteroatoms. The van der Waals surface area contributed by atoms with Gasteiger partial charge in [-0.2, -0.15) is 0 Å². The summed E-state index contributed by atoms with van der Waals surface area (Å²) in [6.45, 7) is 12.5. The molecular formula is C16H30LiN. The summed E-state index contributed by atoms with van der Waals surface area (Å²) < 4.78 is 0. The maximum absolute atomic E-state index is 4.14. The molecule has 0 radical (unpaired) electrons. The molecular weight excluding hydrogens is 213 g/mol. The third-order valence-electron chi connectivity index (χ3n) is 3.17. The quantitative estimate of drug-likeness (QED) is 0.257. The molecule has 0 aliphatic carbocycles. The summed E-state index contributed by atoms with van der Waals surface area (Å²) in [5.41, 5.74) is 2.53. The van der Waals surface area contributed by atoms with Crippen molar-refractivity contribution in [2.45, 2.75) is 58.4 Å². The molecule has 0 aliphatic heterocycles. The van der Waals surface area contributed by atoms with Crippen LogP contribution in [0.2, 0.25) is 0 Å². The summed E-state index contributed by atoms with van der Waals surface area (Å²) >= 11 is 0. The second-order valence-electron chi connectivity index (χ2n) is 5.22. The summed E-state index contributed by atoms with van der Waals surface area (Å²) in [7, 11) is 4.24. The zero-order valence-electron chi connectivity index (χ0n) is 13.3. The molecule has 0 aromatic rings. The fraction of sp³-hybridized carbons (Fsp3) is 0.688. The SMILES string of the molecule is C=C(C)C(CC/C([CH2-])=C\CCCCC)N(C)C.[Li+]. The molecule has 0 aliphatic rings. The van der Waals surface area contributed by atoms with Gasteiger partial charge in [0.15, 0.2) is 0 Å². The van der Waals surface area contributed by atoms with E-state index in [1.54, 1.807) is 0 Å². The van der Waals surface area contributed by atoms with Gasteiger partial charge in [-0.25, -0.2) is 18.6 Å². The summed E-state index contributed by atoms with van der Waals surface area (Å²) in [5.74, 6) is 0. The number of rotatable bonds is 9. The molecule has 0 spiro atoms. The van der Waals surface area contributed by atoms with Gasteiger partial charge in [0.25, 0.3) is 0 Å². The van der Waals surface area contributed by atoms with Gasteiger partial charge in [-0.1, -0.05) is 44.8 Å². The largest absolute Gasteiger partial charge is 1.00 e. The van der Waals surface area contributed by atoms with Crippen LogP contribution < -0.4 is 18.9 Å². The fourth-order valence-electron chi connectivity index (χ4n) is 2.07. The van der Waals surface area contributed by atoms with Crippen molar-refractivity contribution in [2.24, 2.45) is 0 Å². The molecule has 0 fully saturated rings. The Kier molecular flexibility index (Phi) is 13.5. The third-order valence-corrected chi connectivity index (χ3v) is 3.17.